The van der Waals surface area contributed by atoms with Crippen LogP contribution in [0.15, 0.2) is 57.9 Å². The van der Waals surface area contributed by atoms with E-state index in [1.807, 2.05) is 31.2 Å². The van der Waals surface area contributed by atoms with Crippen molar-refractivity contribution in [3.8, 4) is 0 Å². The molecule has 0 bridgehead atoms. The monoisotopic (exact) mass is 450 g/mol. The number of hydrogen-bond acceptors (Lipinski definition) is 3. The van der Waals surface area contributed by atoms with Crippen LogP contribution in [0.3, 0.4) is 0 Å². The molecule has 1 amide bonds. The van der Waals surface area contributed by atoms with Crippen LogP contribution < -0.4 is 10.0 Å². The zero-order valence-electron chi connectivity index (χ0n) is 15.1. The Labute approximate surface area is 168 Å². The second kappa shape index (κ2) is 8.54. The predicted molar refractivity (Wildman–Crippen MR) is 109 cm³/mol. The second-order valence-electron chi connectivity index (χ2n) is 7.03. The van der Waals surface area contributed by atoms with E-state index in [1.165, 1.54) is 12.1 Å². The molecule has 2 N–H and O–H groups in total. The molecule has 0 aromatic heterocycles. The summed E-state index contributed by atoms with van der Waals surface area (Å²) >= 11 is 3.40. The number of carbonyl (C=O) groups is 1. The predicted octanol–water partition coefficient (Wildman–Crippen LogP) is 3.50. The summed E-state index contributed by atoms with van der Waals surface area (Å²) in [5.41, 5.74) is 1.46. The van der Waals surface area contributed by atoms with Gasteiger partial charge < -0.3 is 5.32 Å². The smallest absolute Gasteiger partial charge is 0.251 e. The van der Waals surface area contributed by atoms with Crippen LogP contribution >= 0.6 is 15.9 Å². The van der Waals surface area contributed by atoms with Gasteiger partial charge in [-0.15, -0.1) is 0 Å². The molecule has 1 aliphatic rings. The lowest BCUT2D eigenvalue weighted by molar-refractivity contribution is 0.0940. The summed E-state index contributed by atoms with van der Waals surface area (Å²) < 4.78 is 28.4. The number of nitrogens with one attached hydrogen (secondary N) is 2. The molecule has 2 aromatic rings. The van der Waals surface area contributed by atoms with Gasteiger partial charge in [-0.1, -0.05) is 34.1 Å². The summed E-state index contributed by atoms with van der Waals surface area (Å²) in [6.45, 7) is 2.39. The Hall–Kier alpha value is -1.70. The third kappa shape index (κ3) is 5.89. The average molecular weight is 451 g/mol. The summed E-state index contributed by atoms with van der Waals surface area (Å²) in [4.78, 5) is 12.6. The van der Waals surface area contributed by atoms with Crippen molar-refractivity contribution in [3.05, 3.63) is 64.1 Å². The van der Waals surface area contributed by atoms with Gasteiger partial charge in [-0.3, -0.25) is 4.79 Å². The van der Waals surface area contributed by atoms with E-state index in [4.69, 9.17) is 0 Å². The Morgan fingerprint density at radius 1 is 1.19 bits per heavy atom. The van der Waals surface area contributed by atoms with E-state index in [0.29, 0.717) is 24.4 Å². The Kier molecular flexibility index (Phi) is 6.34. The topological polar surface area (TPSA) is 75.3 Å². The Morgan fingerprint density at radius 3 is 2.56 bits per heavy atom. The zero-order valence-corrected chi connectivity index (χ0v) is 17.5. The summed E-state index contributed by atoms with van der Waals surface area (Å²) in [5, 5.41) is 2.93. The van der Waals surface area contributed by atoms with Gasteiger partial charge in [-0.05, 0) is 68.0 Å². The van der Waals surface area contributed by atoms with Crippen molar-refractivity contribution >= 4 is 31.9 Å². The molecule has 1 fully saturated rings. The van der Waals surface area contributed by atoms with Crippen LogP contribution in [0.1, 0.15) is 35.7 Å². The summed E-state index contributed by atoms with van der Waals surface area (Å²) in [5.74, 6) is 0.171. The Balaban J connectivity index is 1.63. The minimum atomic E-state index is -3.59. The lowest BCUT2D eigenvalue weighted by Gasteiger charge is -2.15. The minimum Gasteiger partial charge on any atom is -0.349 e. The number of carbonyl (C=O) groups excluding carboxylic acids is 1. The largest absolute Gasteiger partial charge is 0.349 e. The number of benzene rings is 2. The number of sulfonamides is 1. The van der Waals surface area contributed by atoms with E-state index in [-0.39, 0.29) is 16.8 Å². The third-order valence-corrected chi connectivity index (χ3v) is 6.45. The highest BCUT2D eigenvalue weighted by Gasteiger charge is 2.24. The second-order valence-corrected chi connectivity index (χ2v) is 9.71. The molecule has 27 heavy (non-hydrogen) atoms. The van der Waals surface area contributed by atoms with E-state index >= 15 is 0 Å². The Morgan fingerprint density at radius 2 is 1.89 bits per heavy atom. The number of halogens is 1. The quantitative estimate of drug-likeness (QED) is 0.645. The lowest BCUT2D eigenvalue weighted by atomic mass is 10.1. The third-order valence-electron chi connectivity index (χ3n) is 4.50. The first-order chi connectivity index (χ1) is 12.8. The van der Waals surface area contributed by atoms with E-state index in [9.17, 15) is 13.2 Å². The summed E-state index contributed by atoms with van der Waals surface area (Å²) in [6, 6.07) is 14.0. The molecule has 1 atom stereocenters. The van der Waals surface area contributed by atoms with Crippen LogP contribution in [0.4, 0.5) is 0 Å². The lowest BCUT2D eigenvalue weighted by Crippen LogP contribution is -2.34. The van der Waals surface area contributed by atoms with Crippen molar-refractivity contribution in [3.63, 3.8) is 0 Å². The fourth-order valence-corrected chi connectivity index (χ4v) is 4.20. The van der Waals surface area contributed by atoms with Gasteiger partial charge in [0.25, 0.3) is 5.91 Å². The molecule has 0 saturated heterocycles. The molecule has 3 rings (SSSR count). The standard InChI is InChI=1S/C20H23BrN2O3S/c1-14(11-15-7-9-18(21)10-8-15)23-20(24)17-3-2-4-19(12-17)27(25,26)22-13-16-5-6-16/h2-4,7-10,12,14,16,22H,5-6,11,13H2,1H3,(H,23,24). The molecule has 7 heteroatoms. The van der Waals surface area contributed by atoms with E-state index < -0.39 is 10.0 Å². The van der Waals surface area contributed by atoms with Crippen molar-refractivity contribution in [1.82, 2.24) is 10.0 Å². The molecule has 5 nitrogen and oxygen atoms in total. The normalized spacial score (nSPS) is 15.3. The maximum Gasteiger partial charge on any atom is 0.251 e. The highest BCUT2D eigenvalue weighted by Crippen LogP contribution is 2.28. The minimum absolute atomic E-state index is 0.0769. The molecule has 1 aliphatic carbocycles. The molecule has 0 heterocycles. The van der Waals surface area contributed by atoms with Crippen molar-refractivity contribution in [1.29, 1.82) is 0 Å². The molecule has 2 aromatic carbocycles. The molecule has 1 unspecified atom stereocenters. The van der Waals surface area contributed by atoms with Crippen molar-refractivity contribution < 1.29 is 13.2 Å². The molecular weight excluding hydrogens is 428 g/mol. The maximum atomic E-state index is 12.5. The maximum absolute atomic E-state index is 12.5. The number of hydrogen-bond donors (Lipinski definition) is 2. The van der Waals surface area contributed by atoms with E-state index in [0.717, 1.165) is 22.9 Å². The van der Waals surface area contributed by atoms with Gasteiger partial charge in [-0.25, -0.2) is 13.1 Å². The first kappa shape index (κ1) is 20.0. The van der Waals surface area contributed by atoms with Crippen molar-refractivity contribution in [2.75, 3.05) is 6.54 Å². The van der Waals surface area contributed by atoms with Gasteiger partial charge in [0.15, 0.2) is 0 Å². The van der Waals surface area contributed by atoms with Gasteiger partial charge >= 0.3 is 0 Å². The van der Waals surface area contributed by atoms with Gasteiger partial charge in [0.05, 0.1) is 4.90 Å². The highest BCUT2D eigenvalue weighted by molar-refractivity contribution is 9.10. The number of amides is 1. The molecule has 0 aliphatic heterocycles. The number of rotatable bonds is 8. The van der Waals surface area contributed by atoms with E-state index in [1.54, 1.807) is 12.1 Å². The van der Waals surface area contributed by atoms with Crippen LogP contribution in [-0.4, -0.2) is 26.9 Å². The average Bonchev–Trinajstić information content (AvgIpc) is 3.46. The van der Waals surface area contributed by atoms with Crippen molar-refractivity contribution in [2.24, 2.45) is 5.92 Å². The van der Waals surface area contributed by atoms with Gasteiger partial charge in [0, 0.05) is 22.6 Å². The van der Waals surface area contributed by atoms with Crippen LogP contribution in [0.5, 0.6) is 0 Å². The first-order valence-electron chi connectivity index (χ1n) is 8.98. The Bertz CT molecular complexity index is 909. The summed E-state index contributed by atoms with van der Waals surface area (Å²) in [6.07, 6.45) is 2.84. The van der Waals surface area contributed by atoms with Gasteiger partial charge in [-0.2, -0.15) is 0 Å². The van der Waals surface area contributed by atoms with Crippen LogP contribution in [0.2, 0.25) is 0 Å². The van der Waals surface area contributed by atoms with Crippen molar-refractivity contribution in [2.45, 2.75) is 37.1 Å². The molecule has 1 saturated carbocycles. The highest BCUT2D eigenvalue weighted by atomic mass is 79.9. The SMILES string of the molecule is CC(Cc1ccc(Br)cc1)NC(=O)c1cccc(S(=O)(=O)NCC2CC2)c1. The molecule has 144 valence electrons. The van der Waals surface area contributed by atoms with E-state index in [2.05, 4.69) is 26.0 Å². The molecule has 0 spiro atoms. The molecular formula is C20H23BrN2O3S. The van der Waals surface area contributed by atoms with Crippen LogP contribution in [-0.2, 0) is 16.4 Å². The summed E-state index contributed by atoms with van der Waals surface area (Å²) in [7, 11) is -3.59. The van der Waals surface area contributed by atoms with Crippen LogP contribution in [0.25, 0.3) is 0 Å². The van der Waals surface area contributed by atoms with Gasteiger partial charge in [0.1, 0.15) is 0 Å². The fraction of sp³-hybridized carbons (Fsp3) is 0.350. The fourth-order valence-electron chi connectivity index (χ4n) is 2.77. The molecule has 0 radical (unpaired) electrons. The van der Waals surface area contributed by atoms with Gasteiger partial charge in [0.2, 0.25) is 10.0 Å². The van der Waals surface area contributed by atoms with Crippen LogP contribution in [0, 0.1) is 5.92 Å². The first-order valence-corrected chi connectivity index (χ1v) is 11.3. The zero-order chi connectivity index (χ0) is 19.4.